The number of nitrogens with one attached hydrogen (secondary N) is 1. The van der Waals surface area contributed by atoms with Crippen LogP contribution in [0.1, 0.15) is 55.3 Å². The standard InChI is InChI=1S/C23H29ClN2O3/c24-18-2-1-3-19-20(18)17(12-26(19)11-10-23(28)14-29-15-23)21(27)25-13-22-7-4-16(5-8-22)6-9-22/h1-3,12,16,28H,4-11,13-15H2,(H,25,27). The van der Waals surface area contributed by atoms with Crippen LogP contribution in [0, 0.1) is 11.3 Å². The van der Waals surface area contributed by atoms with Crippen LogP contribution in [0.2, 0.25) is 5.02 Å². The predicted octanol–water partition coefficient (Wildman–Crippen LogP) is 4.15. The fraction of sp³-hybridized carbons (Fsp3) is 0.609. The lowest BCUT2D eigenvalue weighted by atomic mass is 9.61. The van der Waals surface area contributed by atoms with Crippen molar-refractivity contribution in [3.8, 4) is 0 Å². The first-order valence-electron chi connectivity index (χ1n) is 10.8. The highest BCUT2D eigenvalue weighted by Gasteiger charge is 2.40. The third-order valence-electron chi connectivity index (χ3n) is 7.53. The molecule has 0 atom stereocenters. The summed E-state index contributed by atoms with van der Waals surface area (Å²) in [6, 6.07) is 5.73. The van der Waals surface area contributed by atoms with Gasteiger partial charge in [0.1, 0.15) is 5.60 Å². The van der Waals surface area contributed by atoms with Crippen LogP contribution in [0.5, 0.6) is 0 Å². The minimum Gasteiger partial charge on any atom is -0.385 e. The highest BCUT2D eigenvalue weighted by molar-refractivity contribution is 6.36. The maximum absolute atomic E-state index is 13.2. The predicted molar refractivity (Wildman–Crippen MR) is 113 cm³/mol. The normalized spacial score (nSPS) is 27.7. The first kappa shape index (κ1) is 19.4. The van der Waals surface area contributed by atoms with Crippen LogP contribution < -0.4 is 5.32 Å². The summed E-state index contributed by atoms with van der Waals surface area (Å²) in [7, 11) is 0. The molecule has 156 valence electrons. The summed E-state index contributed by atoms with van der Waals surface area (Å²) in [4.78, 5) is 13.2. The Labute approximate surface area is 176 Å². The molecule has 0 spiro atoms. The number of hydrogen-bond acceptors (Lipinski definition) is 3. The number of carbonyl (C=O) groups excluding carboxylic acids is 1. The molecule has 29 heavy (non-hydrogen) atoms. The molecule has 3 saturated carbocycles. The number of halogens is 1. The zero-order valence-electron chi connectivity index (χ0n) is 16.8. The van der Waals surface area contributed by atoms with Crippen LogP contribution in [-0.4, -0.2) is 40.9 Å². The summed E-state index contributed by atoms with van der Waals surface area (Å²) in [5.41, 5.74) is 1.10. The van der Waals surface area contributed by atoms with Gasteiger partial charge in [0.25, 0.3) is 5.91 Å². The van der Waals surface area contributed by atoms with Crippen molar-refractivity contribution in [1.82, 2.24) is 9.88 Å². The Hall–Kier alpha value is -1.56. The average molecular weight is 417 g/mol. The number of aromatic nitrogens is 1. The topological polar surface area (TPSA) is 63.5 Å². The number of aliphatic hydroxyl groups is 1. The number of carbonyl (C=O) groups is 1. The van der Waals surface area contributed by atoms with Gasteiger partial charge in [0.15, 0.2) is 0 Å². The number of fused-ring (bicyclic) bond motifs is 4. The smallest absolute Gasteiger partial charge is 0.253 e. The van der Waals surface area contributed by atoms with E-state index in [1.807, 2.05) is 29.0 Å². The van der Waals surface area contributed by atoms with E-state index >= 15 is 0 Å². The molecule has 2 aromatic rings. The minimum atomic E-state index is -0.753. The Morgan fingerprint density at radius 3 is 2.62 bits per heavy atom. The second kappa shape index (κ2) is 7.29. The van der Waals surface area contributed by atoms with Crippen molar-refractivity contribution < 1.29 is 14.6 Å². The van der Waals surface area contributed by atoms with Crippen molar-refractivity contribution in [2.75, 3.05) is 19.8 Å². The molecule has 6 heteroatoms. The number of hydrogen-bond donors (Lipinski definition) is 2. The first-order chi connectivity index (χ1) is 14.0. The molecule has 6 rings (SSSR count). The number of rotatable bonds is 6. The van der Waals surface area contributed by atoms with Gasteiger partial charge in [0, 0.05) is 24.7 Å². The number of benzene rings is 1. The van der Waals surface area contributed by atoms with Gasteiger partial charge in [-0.1, -0.05) is 17.7 Å². The number of amides is 1. The van der Waals surface area contributed by atoms with Crippen LogP contribution in [0.15, 0.2) is 24.4 Å². The van der Waals surface area contributed by atoms with Crippen LogP contribution in [0.25, 0.3) is 10.9 Å². The van der Waals surface area contributed by atoms with Crippen LogP contribution in [0.3, 0.4) is 0 Å². The van der Waals surface area contributed by atoms with E-state index in [4.69, 9.17) is 16.3 Å². The van der Waals surface area contributed by atoms with E-state index in [1.165, 1.54) is 38.5 Å². The average Bonchev–Trinajstić information content (AvgIpc) is 3.11. The molecule has 2 heterocycles. The van der Waals surface area contributed by atoms with Crippen molar-refractivity contribution in [2.45, 2.75) is 57.1 Å². The second-order valence-corrected chi connectivity index (χ2v) is 9.91. The monoisotopic (exact) mass is 416 g/mol. The second-order valence-electron chi connectivity index (χ2n) is 9.50. The van der Waals surface area contributed by atoms with Crippen LogP contribution >= 0.6 is 11.6 Å². The fourth-order valence-corrected chi connectivity index (χ4v) is 5.71. The first-order valence-corrected chi connectivity index (χ1v) is 11.2. The molecule has 4 fully saturated rings. The minimum absolute atomic E-state index is 0.0467. The molecule has 1 aromatic carbocycles. The lowest BCUT2D eigenvalue weighted by Gasteiger charge is -2.46. The molecule has 1 saturated heterocycles. The van der Waals surface area contributed by atoms with E-state index in [9.17, 15) is 9.90 Å². The van der Waals surface area contributed by atoms with E-state index in [2.05, 4.69) is 5.32 Å². The van der Waals surface area contributed by atoms with Crippen molar-refractivity contribution in [2.24, 2.45) is 11.3 Å². The Morgan fingerprint density at radius 2 is 1.97 bits per heavy atom. The van der Waals surface area contributed by atoms with Gasteiger partial charge in [0.2, 0.25) is 0 Å². The molecule has 1 amide bonds. The van der Waals surface area contributed by atoms with E-state index in [1.54, 1.807) is 0 Å². The summed E-state index contributed by atoms with van der Waals surface area (Å²) in [6.45, 7) is 2.13. The van der Waals surface area contributed by atoms with Gasteiger partial charge in [-0.15, -0.1) is 0 Å². The van der Waals surface area contributed by atoms with Crippen molar-refractivity contribution in [3.05, 3.63) is 35.0 Å². The molecule has 2 N–H and O–H groups in total. The van der Waals surface area contributed by atoms with Gasteiger partial charge in [-0.3, -0.25) is 4.79 Å². The van der Waals surface area contributed by atoms with Gasteiger partial charge in [-0.05, 0) is 68.4 Å². The lowest BCUT2D eigenvalue weighted by Crippen LogP contribution is -2.50. The van der Waals surface area contributed by atoms with Crippen molar-refractivity contribution in [1.29, 1.82) is 0 Å². The summed E-state index contributed by atoms with van der Waals surface area (Å²) in [5.74, 6) is 0.870. The third-order valence-corrected chi connectivity index (χ3v) is 7.85. The van der Waals surface area contributed by atoms with Gasteiger partial charge >= 0.3 is 0 Å². The zero-order valence-corrected chi connectivity index (χ0v) is 17.5. The van der Waals surface area contributed by atoms with Crippen molar-refractivity contribution >= 4 is 28.4 Å². The molecule has 1 aromatic heterocycles. The number of nitrogens with zero attached hydrogens (tertiary/aromatic N) is 1. The van der Waals surface area contributed by atoms with Crippen LogP contribution in [0.4, 0.5) is 0 Å². The molecule has 0 unspecified atom stereocenters. The highest BCUT2D eigenvalue weighted by atomic mass is 35.5. The highest BCUT2D eigenvalue weighted by Crippen LogP contribution is 2.49. The van der Waals surface area contributed by atoms with Gasteiger partial charge in [0.05, 0.1) is 29.3 Å². The molecule has 3 aliphatic carbocycles. The van der Waals surface area contributed by atoms with E-state index < -0.39 is 5.60 Å². The Bertz CT molecular complexity index is 912. The molecular formula is C23H29ClN2O3. The zero-order chi connectivity index (χ0) is 20.1. The molecule has 0 radical (unpaired) electrons. The van der Waals surface area contributed by atoms with Gasteiger partial charge < -0.3 is 19.7 Å². The SMILES string of the molecule is O=C(NCC12CCC(CC1)CC2)c1cn(CCC2(O)COC2)c2cccc(Cl)c12. The Kier molecular flexibility index (Phi) is 4.88. The molecule has 4 aliphatic rings. The lowest BCUT2D eigenvalue weighted by molar-refractivity contribution is -0.182. The summed E-state index contributed by atoms with van der Waals surface area (Å²) in [6.07, 6.45) is 10.1. The van der Waals surface area contributed by atoms with E-state index in [0.29, 0.717) is 42.2 Å². The summed E-state index contributed by atoms with van der Waals surface area (Å²) >= 11 is 6.50. The number of aryl methyl sites for hydroxylation is 1. The molecular weight excluding hydrogens is 388 g/mol. The molecule has 1 aliphatic heterocycles. The van der Waals surface area contributed by atoms with E-state index in [-0.39, 0.29) is 5.91 Å². The Morgan fingerprint density at radius 1 is 1.24 bits per heavy atom. The number of ether oxygens (including phenoxy) is 1. The van der Waals surface area contributed by atoms with E-state index in [0.717, 1.165) is 23.4 Å². The molecule has 5 nitrogen and oxygen atoms in total. The maximum atomic E-state index is 13.2. The largest absolute Gasteiger partial charge is 0.385 e. The third kappa shape index (κ3) is 3.58. The van der Waals surface area contributed by atoms with Gasteiger partial charge in [-0.2, -0.15) is 0 Å². The molecule has 2 bridgehead atoms. The maximum Gasteiger partial charge on any atom is 0.253 e. The quantitative estimate of drug-likeness (QED) is 0.743. The van der Waals surface area contributed by atoms with Gasteiger partial charge in [-0.25, -0.2) is 0 Å². The summed E-state index contributed by atoms with van der Waals surface area (Å²) in [5, 5.41) is 15.0. The van der Waals surface area contributed by atoms with Crippen molar-refractivity contribution in [3.63, 3.8) is 0 Å². The van der Waals surface area contributed by atoms with Crippen LogP contribution in [-0.2, 0) is 11.3 Å². The summed E-state index contributed by atoms with van der Waals surface area (Å²) < 4.78 is 7.18. The fourth-order valence-electron chi connectivity index (χ4n) is 5.44. The Balaban J connectivity index is 1.36.